The number of hydrogen-bond acceptors (Lipinski definition) is 3. The highest BCUT2D eigenvalue weighted by atomic mass is 19.1. The van der Waals surface area contributed by atoms with Gasteiger partial charge in [0.1, 0.15) is 5.82 Å². The predicted octanol–water partition coefficient (Wildman–Crippen LogP) is 1.07. The lowest BCUT2D eigenvalue weighted by Gasteiger charge is -2.38. The Hall–Kier alpha value is -0.970. The van der Waals surface area contributed by atoms with Gasteiger partial charge in [-0.15, -0.1) is 0 Å². The van der Waals surface area contributed by atoms with Crippen molar-refractivity contribution < 1.29 is 9.50 Å². The van der Waals surface area contributed by atoms with E-state index in [0.717, 1.165) is 25.2 Å². The summed E-state index contributed by atoms with van der Waals surface area (Å²) in [6.45, 7) is 3.20. The predicted molar refractivity (Wildman–Crippen MR) is 65.0 cm³/mol. The van der Waals surface area contributed by atoms with Crippen LogP contribution in [-0.4, -0.2) is 36.2 Å². The highest BCUT2D eigenvalue weighted by Gasteiger charge is 2.33. The molecule has 0 unspecified atom stereocenters. The Kier molecular flexibility index (Phi) is 3.76. The van der Waals surface area contributed by atoms with Crippen molar-refractivity contribution in [1.82, 2.24) is 4.90 Å². The number of hydrogen-bond donors (Lipinski definition) is 2. The number of nitrogens with zero attached hydrogens (tertiary/aromatic N) is 1. The van der Waals surface area contributed by atoms with Crippen molar-refractivity contribution in [2.75, 3.05) is 26.2 Å². The van der Waals surface area contributed by atoms with Crippen molar-refractivity contribution in [3.8, 4) is 0 Å². The average Bonchev–Trinajstić information content (AvgIpc) is 2.33. The number of rotatable bonds is 3. The highest BCUT2D eigenvalue weighted by molar-refractivity contribution is 5.23. The zero-order valence-corrected chi connectivity index (χ0v) is 9.90. The first-order chi connectivity index (χ1) is 8.14. The first-order valence-electron chi connectivity index (χ1n) is 6.05. The standard InChI is InChI=1S/C13H19FN2O/c14-12-3-1-11(2-4-12)13(17)5-8-16(9-6-13)10-7-15/h1-4,17H,5-10,15H2. The van der Waals surface area contributed by atoms with E-state index in [0.29, 0.717) is 19.4 Å². The van der Waals surface area contributed by atoms with Crippen LogP contribution in [-0.2, 0) is 5.60 Å². The molecule has 0 radical (unpaired) electrons. The molecule has 1 aliphatic heterocycles. The van der Waals surface area contributed by atoms with Crippen molar-refractivity contribution in [1.29, 1.82) is 0 Å². The van der Waals surface area contributed by atoms with E-state index in [2.05, 4.69) is 4.90 Å². The molecule has 0 spiro atoms. The molecule has 0 aromatic heterocycles. The molecule has 0 atom stereocenters. The summed E-state index contributed by atoms with van der Waals surface area (Å²) in [6.07, 6.45) is 1.36. The summed E-state index contributed by atoms with van der Waals surface area (Å²) >= 11 is 0. The summed E-state index contributed by atoms with van der Waals surface area (Å²) in [5.74, 6) is -0.266. The summed E-state index contributed by atoms with van der Waals surface area (Å²) in [5.41, 5.74) is 5.51. The molecule has 0 saturated carbocycles. The van der Waals surface area contributed by atoms with E-state index in [9.17, 15) is 9.50 Å². The summed E-state index contributed by atoms with van der Waals surface area (Å²) in [6, 6.07) is 6.15. The van der Waals surface area contributed by atoms with E-state index in [4.69, 9.17) is 5.73 Å². The lowest BCUT2D eigenvalue weighted by atomic mass is 9.84. The second-order valence-corrected chi connectivity index (χ2v) is 4.67. The molecule has 94 valence electrons. The monoisotopic (exact) mass is 238 g/mol. The molecule has 1 aliphatic rings. The van der Waals surface area contributed by atoms with Gasteiger partial charge in [-0.1, -0.05) is 12.1 Å². The summed E-state index contributed by atoms with van der Waals surface area (Å²) in [5, 5.41) is 10.5. The SMILES string of the molecule is NCCN1CCC(O)(c2ccc(F)cc2)CC1. The molecule has 0 aliphatic carbocycles. The molecule has 1 saturated heterocycles. The molecule has 3 N–H and O–H groups in total. The highest BCUT2D eigenvalue weighted by Crippen LogP contribution is 2.32. The molecule has 0 bridgehead atoms. The molecular weight excluding hydrogens is 219 g/mol. The van der Waals surface area contributed by atoms with Crippen LogP contribution >= 0.6 is 0 Å². The van der Waals surface area contributed by atoms with Crippen LogP contribution in [0.1, 0.15) is 18.4 Å². The molecule has 3 nitrogen and oxygen atoms in total. The lowest BCUT2D eigenvalue weighted by Crippen LogP contribution is -2.44. The topological polar surface area (TPSA) is 49.5 Å². The first-order valence-corrected chi connectivity index (χ1v) is 6.05. The Morgan fingerprint density at radius 1 is 1.24 bits per heavy atom. The summed E-state index contributed by atoms with van der Waals surface area (Å²) in [7, 11) is 0. The van der Waals surface area contributed by atoms with Crippen molar-refractivity contribution in [3.63, 3.8) is 0 Å². The molecular formula is C13H19FN2O. The molecule has 1 aromatic rings. The zero-order chi connectivity index (χ0) is 12.3. The van der Waals surface area contributed by atoms with E-state index in [-0.39, 0.29) is 5.82 Å². The van der Waals surface area contributed by atoms with Gasteiger partial charge in [-0.05, 0) is 30.5 Å². The molecule has 2 rings (SSSR count). The number of likely N-dealkylation sites (tertiary alicyclic amines) is 1. The molecule has 4 heteroatoms. The Balaban J connectivity index is 2.04. The van der Waals surface area contributed by atoms with Crippen molar-refractivity contribution >= 4 is 0 Å². The fourth-order valence-corrected chi connectivity index (χ4v) is 2.38. The molecule has 17 heavy (non-hydrogen) atoms. The third-order valence-corrected chi connectivity index (χ3v) is 3.51. The van der Waals surface area contributed by atoms with Crippen molar-refractivity contribution in [2.45, 2.75) is 18.4 Å². The second-order valence-electron chi connectivity index (χ2n) is 4.67. The summed E-state index contributed by atoms with van der Waals surface area (Å²) in [4.78, 5) is 2.25. The molecule has 1 aromatic carbocycles. The quantitative estimate of drug-likeness (QED) is 0.828. The largest absolute Gasteiger partial charge is 0.385 e. The van der Waals surface area contributed by atoms with Crippen LogP contribution in [0.15, 0.2) is 24.3 Å². The average molecular weight is 238 g/mol. The van der Waals surface area contributed by atoms with Crippen LogP contribution in [0.4, 0.5) is 4.39 Å². The number of aliphatic hydroxyl groups is 1. The van der Waals surface area contributed by atoms with Gasteiger partial charge in [0.2, 0.25) is 0 Å². The van der Waals surface area contributed by atoms with Crippen LogP contribution in [0.5, 0.6) is 0 Å². The van der Waals surface area contributed by atoms with Gasteiger partial charge in [0, 0.05) is 26.2 Å². The van der Waals surface area contributed by atoms with Gasteiger partial charge in [0.15, 0.2) is 0 Å². The fraction of sp³-hybridized carbons (Fsp3) is 0.538. The van der Waals surface area contributed by atoms with Crippen LogP contribution < -0.4 is 5.73 Å². The fourth-order valence-electron chi connectivity index (χ4n) is 2.38. The van der Waals surface area contributed by atoms with Gasteiger partial charge < -0.3 is 15.7 Å². The summed E-state index contributed by atoms with van der Waals surface area (Å²) < 4.78 is 12.8. The van der Waals surface area contributed by atoms with Gasteiger partial charge in [0.25, 0.3) is 0 Å². The van der Waals surface area contributed by atoms with Crippen molar-refractivity contribution in [3.05, 3.63) is 35.6 Å². The maximum Gasteiger partial charge on any atom is 0.123 e. The third kappa shape index (κ3) is 2.83. The van der Waals surface area contributed by atoms with Gasteiger partial charge in [0.05, 0.1) is 5.60 Å². The van der Waals surface area contributed by atoms with E-state index >= 15 is 0 Å². The number of benzene rings is 1. The Morgan fingerprint density at radius 2 is 1.82 bits per heavy atom. The lowest BCUT2D eigenvalue weighted by molar-refractivity contribution is -0.0252. The van der Waals surface area contributed by atoms with E-state index in [1.54, 1.807) is 12.1 Å². The van der Waals surface area contributed by atoms with Gasteiger partial charge in [-0.2, -0.15) is 0 Å². The Morgan fingerprint density at radius 3 is 2.35 bits per heavy atom. The Labute approximate surface area is 101 Å². The number of halogens is 1. The zero-order valence-electron chi connectivity index (χ0n) is 9.90. The van der Waals surface area contributed by atoms with E-state index in [1.165, 1.54) is 12.1 Å². The van der Waals surface area contributed by atoms with Crippen LogP contribution in [0.25, 0.3) is 0 Å². The molecule has 0 amide bonds. The van der Waals surface area contributed by atoms with Gasteiger partial charge in [-0.3, -0.25) is 0 Å². The normalized spacial score (nSPS) is 20.4. The third-order valence-electron chi connectivity index (χ3n) is 3.51. The minimum absolute atomic E-state index is 0.266. The number of nitrogens with two attached hydrogens (primary N) is 1. The van der Waals surface area contributed by atoms with Crippen molar-refractivity contribution in [2.24, 2.45) is 5.73 Å². The van der Waals surface area contributed by atoms with E-state index < -0.39 is 5.60 Å². The van der Waals surface area contributed by atoms with E-state index in [1.807, 2.05) is 0 Å². The minimum Gasteiger partial charge on any atom is -0.385 e. The van der Waals surface area contributed by atoms with Gasteiger partial charge >= 0.3 is 0 Å². The smallest absolute Gasteiger partial charge is 0.123 e. The molecule has 1 heterocycles. The van der Waals surface area contributed by atoms with Crippen LogP contribution in [0, 0.1) is 5.82 Å². The van der Waals surface area contributed by atoms with Crippen LogP contribution in [0.2, 0.25) is 0 Å². The first kappa shape index (κ1) is 12.5. The molecule has 1 fully saturated rings. The van der Waals surface area contributed by atoms with Gasteiger partial charge in [-0.25, -0.2) is 4.39 Å². The minimum atomic E-state index is -0.807. The Bertz CT molecular complexity index is 358. The second kappa shape index (κ2) is 5.12. The van der Waals surface area contributed by atoms with Crippen LogP contribution in [0.3, 0.4) is 0 Å². The number of piperidine rings is 1. The maximum absolute atomic E-state index is 12.8. The maximum atomic E-state index is 12.8.